The summed E-state index contributed by atoms with van der Waals surface area (Å²) in [5, 5.41) is 0. The van der Waals surface area contributed by atoms with Crippen molar-refractivity contribution in [1.82, 2.24) is 0 Å². The van der Waals surface area contributed by atoms with Crippen molar-refractivity contribution in [3.8, 4) is 5.75 Å². The van der Waals surface area contributed by atoms with Crippen LogP contribution in [0.1, 0.15) is 13.8 Å². The van der Waals surface area contributed by atoms with Gasteiger partial charge in [0.15, 0.2) is 17.4 Å². The molecule has 1 nitrogen and oxygen atoms in total. The number of hydrogen-bond acceptors (Lipinski definition) is 1. The summed E-state index contributed by atoms with van der Waals surface area (Å²) in [5.74, 6) is -1.72. The molecule has 1 aromatic rings. The molecule has 0 aromatic heterocycles. The van der Waals surface area contributed by atoms with Crippen LogP contribution in [-0.2, 0) is 0 Å². The molecule has 13 heavy (non-hydrogen) atoms. The number of benzene rings is 1. The van der Waals surface area contributed by atoms with E-state index in [9.17, 15) is 8.78 Å². The first-order chi connectivity index (χ1) is 6.02. The Morgan fingerprint density at radius 3 is 2.46 bits per heavy atom. The molecule has 0 fully saturated rings. The lowest BCUT2D eigenvalue weighted by Crippen LogP contribution is -2.08. The topological polar surface area (TPSA) is 9.23 Å². The van der Waals surface area contributed by atoms with E-state index in [2.05, 4.69) is 15.9 Å². The molecule has 1 aromatic carbocycles. The molecule has 0 amide bonds. The molecule has 0 aliphatic rings. The highest BCUT2D eigenvalue weighted by Crippen LogP contribution is 2.28. The first-order valence-electron chi connectivity index (χ1n) is 3.82. The van der Waals surface area contributed by atoms with Gasteiger partial charge in [0.1, 0.15) is 0 Å². The highest BCUT2D eigenvalue weighted by molar-refractivity contribution is 9.10. The van der Waals surface area contributed by atoms with Gasteiger partial charge in [0.05, 0.1) is 10.6 Å². The van der Waals surface area contributed by atoms with Gasteiger partial charge in [-0.1, -0.05) is 0 Å². The van der Waals surface area contributed by atoms with Crippen molar-refractivity contribution in [1.29, 1.82) is 0 Å². The molecule has 0 saturated heterocycles. The smallest absolute Gasteiger partial charge is 0.192 e. The molecular formula is C9H9BrF2O. The second-order valence-corrected chi connectivity index (χ2v) is 3.69. The van der Waals surface area contributed by atoms with Gasteiger partial charge in [0, 0.05) is 0 Å². The summed E-state index contributed by atoms with van der Waals surface area (Å²) in [6.07, 6.45) is -0.252. The lowest BCUT2D eigenvalue weighted by atomic mass is 10.3. The Balaban J connectivity index is 3.10. The van der Waals surface area contributed by atoms with E-state index < -0.39 is 11.6 Å². The highest BCUT2D eigenvalue weighted by Gasteiger charge is 2.14. The van der Waals surface area contributed by atoms with Crippen molar-refractivity contribution >= 4 is 15.9 Å². The van der Waals surface area contributed by atoms with Gasteiger partial charge in [0.2, 0.25) is 0 Å². The van der Waals surface area contributed by atoms with Crippen LogP contribution in [0.3, 0.4) is 0 Å². The Morgan fingerprint density at radius 1 is 1.31 bits per heavy atom. The predicted octanol–water partition coefficient (Wildman–Crippen LogP) is 3.51. The molecule has 0 bridgehead atoms. The zero-order chi connectivity index (χ0) is 10.0. The molecule has 0 N–H and O–H groups in total. The summed E-state index contributed by atoms with van der Waals surface area (Å²) in [6.45, 7) is 3.42. The van der Waals surface area contributed by atoms with Gasteiger partial charge in [0.25, 0.3) is 0 Å². The number of rotatable bonds is 2. The van der Waals surface area contributed by atoms with Crippen molar-refractivity contribution in [2.45, 2.75) is 20.0 Å². The number of ether oxygens (including phenoxy) is 1. The Hall–Kier alpha value is -0.640. The minimum Gasteiger partial charge on any atom is -0.485 e. The van der Waals surface area contributed by atoms with Crippen molar-refractivity contribution in [2.75, 3.05) is 0 Å². The van der Waals surface area contributed by atoms with Crippen LogP contribution < -0.4 is 4.74 Å². The average Bonchev–Trinajstić information content (AvgIpc) is 2.05. The van der Waals surface area contributed by atoms with Crippen LogP contribution in [0.4, 0.5) is 8.78 Å². The van der Waals surface area contributed by atoms with Crippen LogP contribution >= 0.6 is 15.9 Å². The van der Waals surface area contributed by atoms with E-state index in [4.69, 9.17) is 4.74 Å². The molecule has 0 radical (unpaired) electrons. The molecule has 0 unspecified atom stereocenters. The molecule has 1 rings (SSSR count). The molecular weight excluding hydrogens is 242 g/mol. The molecule has 72 valence electrons. The summed E-state index contributed by atoms with van der Waals surface area (Å²) >= 11 is 2.95. The third kappa shape index (κ3) is 2.40. The van der Waals surface area contributed by atoms with E-state index in [0.29, 0.717) is 0 Å². The maximum atomic E-state index is 13.2. The standard InChI is InChI=1S/C9H9BrF2O/c1-5(2)13-9-7(11)4-3-6(10)8(9)12/h3-5H,1-2H3. The van der Waals surface area contributed by atoms with Gasteiger partial charge in [-0.3, -0.25) is 0 Å². The van der Waals surface area contributed by atoms with Crippen LogP contribution in [0.2, 0.25) is 0 Å². The van der Waals surface area contributed by atoms with E-state index in [1.165, 1.54) is 6.07 Å². The van der Waals surface area contributed by atoms with E-state index in [-0.39, 0.29) is 16.3 Å². The molecule has 0 aliphatic carbocycles. The Bertz CT molecular complexity index is 313. The van der Waals surface area contributed by atoms with E-state index in [0.717, 1.165) is 6.07 Å². The van der Waals surface area contributed by atoms with Crippen LogP contribution in [0, 0.1) is 11.6 Å². The van der Waals surface area contributed by atoms with Crippen LogP contribution in [0.5, 0.6) is 5.75 Å². The van der Waals surface area contributed by atoms with Gasteiger partial charge in [-0.05, 0) is 41.9 Å². The fraction of sp³-hybridized carbons (Fsp3) is 0.333. The van der Waals surface area contributed by atoms with Gasteiger partial charge >= 0.3 is 0 Å². The minimum atomic E-state index is -0.700. The highest BCUT2D eigenvalue weighted by atomic mass is 79.9. The van der Waals surface area contributed by atoms with Crippen LogP contribution in [-0.4, -0.2) is 6.10 Å². The Kier molecular flexibility index (Phi) is 3.25. The molecule has 0 heterocycles. The second kappa shape index (κ2) is 4.05. The second-order valence-electron chi connectivity index (χ2n) is 2.84. The third-order valence-corrected chi connectivity index (χ3v) is 1.97. The summed E-state index contributed by atoms with van der Waals surface area (Å²) in [4.78, 5) is 0. The lowest BCUT2D eigenvalue weighted by molar-refractivity contribution is 0.219. The van der Waals surface area contributed by atoms with E-state index in [1.54, 1.807) is 13.8 Å². The van der Waals surface area contributed by atoms with Gasteiger partial charge in [-0.15, -0.1) is 0 Å². The lowest BCUT2D eigenvalue weighted by Gasteiger charge is -2.11. The zero-order valence-corrected chi connectivity index (χ0v) is 8.86. The van der Waals surface area contributed by atoms with Gasteiger partial charge in [-0.2, -0.15) is 0 Å². The quantitative estimate of drug-likeness (QED) is 0.731. The van der Waals surface area contributed by atoms with Crippen molar-refractivity contribution in [2.24, 2.45) is 0 Å². The normalized spacial score (nSPS) is 10.6. The maximum Gasteiger partial charge on any atom is 0.192 e. The van der Waals surface area contributed by atoms with Crippen molar-refractivity contribution in [3.05, 3.63) is 28.2 Å². The largest absolute Gasteiger partial charge is 0.485 e. The Morgan fingerprint density at radius 2 is 1.92 bits per heavy atom. The van der Waals surface area contributed by atoms with E-state index >= 15 is 0 Å². The Labute approximate surface area is 83.8 Å². The summed E-state index contributed by atoms with van der Waals surface area (Å²) in [6, 6.07) is 2.46. The SMILES string of the molecule is CC(C)Oc1c(F)ccc(Br)c1F. The maximum absolute atomic E-state index is 13.2. The van der Waals surface area contributed by atoms with E-state index in [1.807, 2.05) is 0 Å². The summed E-state index contributed by atoms with van der Waals surface area (Å²) in [5.41, 5.74) is 0. The molecule has 0 aliphatic heterocycles. The first kappa shape index (κ1) is 10.4. The first-order valence-corrected chi connectivity index (χ1v) is 4.62. The monoisotopic (exact) mass is 250 g/mol. The van der Waals surface area contributed by atoms with Gasteiger partial charge < -0.3 is 4.74 Å². The number of halogens is 3. The molecule has 0 atom stereocenters. The minimum absolute atomic E-state index is 0.199. The predicted molar refractivity (Wildman–Crippen MR) is 49.8 cm³/mol. The van der Waals surface area contributed by atoms with Crippen LogP contribution in [0.25, 0.3) is 0 Å². The molecule has 0 saturated carbocycles. The molecule has 4 heteroatoms. The summed E-state index contributed by atoms with van der Waals surface area (Å²) < 4.78 is 31.4. The van der Waals surface area contributed by atoms with Gasteiger partial charge in [-0.25, -0.2) is 8.78 Å². The fourth-order valence-electron chi connectivity index (χ4n) is 0.852. The number of hydrogen-bond donors (Lipinski definition) is 0. The zero-order valence-electron chi connectivity index (χ0n) is 7.27. The molecule has 0 spiro atoms. The van der Waals surface area contributed by atoms with Crippen molar-refractivity contribution in [3.63, 3.8) is 0 Å². The average molecular weight is 251 g/mol. The third-order valence-electron chi connectivity index (χ3n) is 1.36. The summed E-state index contributed by atoms with van der Waals surface area (Å²) in [7, 11) is 0. The van der Waals surface area contributed by atoms with Crippen molar-refractivity contribution < 1.29 is 13.5 Å². The fourth-order valence-corrected chi connectivity index (χ4v) is 1.16. The van der Waals surface area contributed by atoms with Crippen LogP contribution in [0.15, 0.2) is 16.6 Å².